The molecule has 1 aromatic rings. The molecule has 1 atom stereocenters. The summed E-state index contributed by atoms with van der Waals surface area (Å²) < 4.78 is 5.33. The number of amides is 1. The van der Waals surface area contributed by atoms with Crippen LogP contribution >= 0.6 is 11.3 Å². The highest BCUT2D eigenvalue weighted by atomic mass is 32.1. The van der Waals surface area contributed by atoms with Crippen LogP contribution in [-0.4, -0.2) is 56.1 Å². The summed E-state index contributed by atoms with van der Waals surface area (Å²) in [4.78, 5) is 17.8. The highest BCUT2D eigenvalue weighted by Gasteiger charge is 2.28. The highest BCUT2D eigenvalue weighted by Crippen LogP contribution is 2.19. The van der Waals surface area contributed by atoms with Gasteiger partial charge >= 0.3 is 0 Å². The Morgan fingerprint density at radius 2 is 2.32 bits per heavy atom. The minimum Gasteiger partial charge on any atom is -0.381 e. The van der Waals surface area contributed by atoms with E-state index in [2.05, 4.69) is 16.3 Å². The van der Waals surface area contributed by atoms with Gasteiger partial charge in [0.15, 0.2) is 0 Å². The van der Waals surface area contributed by atoms with Crippen LogP contribution in [0.3, 0.4) is 0 Å². The first-order valence-corrected chi connectivity index (χ1v) is 7.58. The van der Waals surface area contributed by atoms with Crippen LogP contribution in [0.4, 0.5) is 0 Å². The zero-order valence-electron chi connectivity index (χ0n) is 11.7. The molecule has 2 heterocycles. The average Bonchev–Trinajstić information content (AvgIpc) is 3.06. The lowest BCUT2D eigenvalue weighted by molar-refractivity contribution is -0.136. The van der Waals surface area contributed by atoms with Gasteiger partial charge in [0.05, 0.1) is 19.1 Å². The zero-order chi connectivity index (χ0) is 13.7. The molecule has 0 spiro atoms. The van der Waals surface area contributed by atoms with E-state index in [1.54, 1.807) is 11.3 Å². The van der Waals surface area contributed by atoms with E-state index < -0.39 is 0 Å². The molecule has 1 unspecified atom stereocenters. The van der Waals surface area contributed by atoms with Gasteiger partial charge in [-0.1, -0.05) is 6.07 Å². The maximum Gasteiger partial charge on any atom is 0.228 e. The quantitative estimate of drug-likeness (QED) is 0.796. The van der Waals surface area contributed by atoms with Crippen molar-refractivity contribution in [1.29, 1.82) is 0 Å². The third-order valence-electron chi connectivity index (χ3n) is 3.33. The molecule has 1 aliphatic rings. The molecule has 0 N–H and O–H groups in total. The third-order valence-corrected chi connectivity index (χ3v) is 4.20. The normalized spacial score (nSPS) is 19.0. The van der Waals surface area contributed by atoms with Crippen LogP contribution in [0.1, 0.15) is 11.3 Å². The van der Waals surface area contributed by atoms with Gasteiger partial charge in [0, 0.05) is 24.6 Å². The number of hydrogen-bond donors (Lipinski definition) is 0. The van der Waals surface area contributed by atoms with Crippen LogP contribution in [0.25, 0.3) is 0 Å². The molecular formula is C14H22N2O2S. The van der Waals surface area contributed by atoms with Gasteiger partial charge in [0.2, 0.25) is 5.91 Å². The van der Waals surface area contributed by atoms with E-state index >= 15 is 0 Å². The van der Waals surface area contributed by atoms with Crippen molar-refractivity contribution >= 4 is 17.2 Å². The number of thiophene rings is 1. The van der Waals surface area contributed by atoms with E-state index in [0.29, 0.717) is 6.61 Å². The van der Waals surface area contributed by atoms with E-state index in [1.165, 1.54) is 4.88 Å². The molecule has 1 fully saturated rings. The zero-order valence-corrected chi connectivity index (χ0v) is 12.5. The van der Waals surface area contributed by atoms with Gasteiger partial charge in [-0.25, -0.2) is 0 Å². The molecule has 1 saturated heterocycles. The maximum absolute atomic E-state index is 12.5. The molecule has 1 aromatic heterocycles. The van der Waals surface area contributed by atoms with Crippen LogP contribution in [0, 0.1) is 5.92 Å². The van der Waals surface area contributed by atoms with Crippen molar-refractivity contribution < 1.29 is 9.53 Å². The Bertz CT molecular complexity index is 386. The van der Waals surface area contributed by atoms with Crippen LogP contribution < -0.4 is 0 Å². The van der Waals surface area contributed by atoms with E-state index in [1.807, 2.05) is 25.1 Å². The van der Waals surface area contributed by atoms with Crippen LogP contribution in [0.15, 0.2) is 17.5 Å². The summed E-state index contributed by atoms with van der Waals surface area (Å²) in [6, 6.07) is 4.12. The van der Waals surface area contributed by atoms with Crippen molar-refractivity contribution in [2.45, 2.75) is 13.0 Å². The van der Waals surface area contributed by atoms with E-state index in [-0.39, 0.29) is 11.8 Å². The van der Waals surface area contributed by atoms with Crippen LogP contribution in [0.2, 0.25) is 0 Å². The van der Waals surface area contributed by atoms with Crippen LogP contribution in [0.5, 0.6) is 0 Å². The molecule has 5 heteroatoms. The first kappa shape index (κ1) is 14.5. The van der Waals surface area contributed by atoms with Gasteiger partial charge < -0.3 is 14.5 Å². The molecule has 0 saturated carbocycles. The number of likely N-dealkylation sites (N-methyl/N-ethyl adjacent to an activating group) is 1. The minimum atomic E-state index is 0.0575. The molecule has 0 aliphatic carbocycles. The largest absolute Gasteiger partial charge is 0.381 e. The Hall–Kier alpha value is -0.910. The fourth-order valence-corrected chi connectivity index (χ4v) is 2.89. The Labute approximate surface area is 119 Å². The van der Waals surface area contributed by atoms with Crippen LogP contribution in [-0.2, 0) is 16.1 Å². The topological polar surface area (TPSA) is 32.8 Å². The minimum absolute atomic E-state index is 0.0575. The van der Waals surface area contributed by atoms with E-state index in [0.717, 1.165) is 32.7 Å². The van der Waals surface area contributed by atoms with Gasteiger partial charge in [-0.15, -0.1) is 11.3 Å². The monoisotopic (exact) mass is 282 g/mol. The fraction of sp³-hybridized carbons (Fsp3) is 0.643. The summed E-state index contributed by atoms with van der Waals surface area (Å²) in [7, 11) is 4.07. The summed E-state index contributed by atoms with van der Waals surface area (Å²) in [5, 5.41) is 2.06. The van der Waals surface area contributed by atoms with Crippen molar-refractivity contribution in [3.8, 4) is 0 Å². The molecule has 4 nitrogen and oxygen atoms in total. The van der Waals surface area contributed by atoms with Gasteiger partial charge in [-0.05, 0) is 32.0 Å². The molecule has 0 bridgehead atoms. The first-order chi connectivity index (χ1) is 9.16. The number of ether oxygens (including phenoxy) is 1. The molecule has 0 radical (unpaired) electrons. The molecule has 0 aromatic carbocycles. The number of nitrogens with zero attached hydrogens (tertiary/aromatic N) is 2. The highest BCUT2D eigenvalue weighted by molar-refractivity contribution is 7.09. The predicted octanol–water partition coefficient (Wildman–Crippen LogP) is 1.67. The van der Waals surface area contributed by atoms with Crippen molar-refractivity contribution in [2.24, 2.45) is 5.92 Å². The summed E-state index contributed by atoms with van der Waals surface area (Å²) in [6.45, 7) is 3.70. The standard InChI is InChI=1S/C14H22N2O2S/c1-15(2)6-7-16(10-13-4-3-9-19-13)14(17)12-5-8-18-11-12/h3-4,9,12H,5-8,10-11H2,1-2H3. The Balaban J connectivity index is 1.97. The number of rotatable bonds is 6. The second kappa shape index (κ2) is 7.03. The molecule has 1 aliphatic heterocycles. The second-order valence-electron chi connectivity index (χ2n) is 5.20. The maximum atomic E-state index is 12.5. The summed E-state index contributed by atoms with van der Waals surface area (Å²) in [6.07, 6.45) is 0.863. The van der Waals surface area contributed by atoms with Gasteiger partial charge in [0.25, 0.3) is 0 Å². The molecule has 19 heavy (non-hydrogen) atoms. The fourth-order valence-electron chi connectivity index (χ4n) is 2.17. The average molecular weight is 282 g/mol. The Morgan fingerprint density at radius 3 is 2.89 bits per heavy atom. The summed E-state index contributed by atoms with van der Waals surface area (Å²) in [5.41, 5.74) is 0. The number of hydrogen-bond acceptors (Lipinski definition) is 4. The molecule has 1 amide bonds. The lowest BCUT2D eigenvalue weighted by Gasteiger charge is -2.26. The smallest absolute Gasteiger partial charge is 0.228 e. The van der Waals surface area contributed by atoms with E-state index in [4.69, 9.17) is 4.74 Å². The molecule has 2 rings (SSSR count). The molecule has 106 valence electrons. The summed E-state index contributed by atoms with van der Waals surface area (Å²) >= 11 is 1.71. The van der Waals surface area contributed by atoms with E-state index in [9.17, 15) is 4.79 Å². The number of carbonyl (C=O) groups is 1. The van der Waals surface area contributed by atoms with Crippen molar-refractivity contribution in [3.05, 3.63) is 22.4 Å². The Kier molecular flexibility index (Phi) is 5.36. The second-order valence-corrected chi connectivity index (χ2v) is 6.24. The molecular weight excluding hydrogens is 260 g/mol. The lowest BCUT2D eigenvalue weighted by Crippen LogP contribution is -2.39. The SMILES string of the molecule is CN(C)CCN(Cc1cccs1)C(=O)C1CCOC1. The van der Waals surface area contributed by atoms with Crippen molar-refractivity contribution in [1.82, 2.24) is 9.80 Å². The predicted molar refractivity (Wildman–Crippen MR) is 77.2 cm³/mol. The lowest BCUT2D eigenvalue weighted by atomic mass is 10.1. The first-order valence-electron chi connectivity index (χ1n) is 6.70. The van der Waals surface area contributed by atoms with Crippen molar-refractivity contribution in [2.75, 3.05) is 40.4 Å². The van der Waals surface area contributed by atoms with Gasteiger partial charge in [0.1, 0.15) is 0 Å². The van der Waals surface area contributed by atoms with Gasteiger partial charge in [-0.3, -0.25) is 4.79 Å². The van der Waals surface area contributed by atoms with Crippen molar-refractivity contribution in [3.63, 3.8) is 0 Å². The summed E-state index contributed by atoms with van der Waals surface area (Å²) in [5.74, 6) is 0.301. The number of carbonyl (C=O) groups excluding carboxylic acids is 1. The third kappa shape index (κ3) is 4.30. The Morgan fingerprint density at radius 1 is 1.47 bits per heavy atom. The van der Waals surface area contributed by atoms with Gasteiger partial charge in [-0.2, -0.15) is 0 Å².